The Morgan fingerprint density at radius 1 is 1.22 bits per heavy atom. The Bertz CT molecular complexity index is 761. The molecule has 0 fully saturated rings. The van der Waals surface area contributed by atoms with Gasteiger partial charge in [0.2, 0.25) is 0 Å². The van der Waals surface area contributed by atoms with E-state index in [9.17, 15) is 19.7 Å². The number of aldehydes is 1. The number of carbonyl (C=O) groups excluding carboxylic acids is 2. The van der Waals surface area contributed by atoms with E-state index in [1.807, 2.05) is 0 Å². The summed E-state index contributed by atoms with van der Waals surface area (Å²) in [6, 6.07) is 9.56. The van der Waals surface area contributed by atoms with Gasteiger partial charge in [-0.15, -0.1) is 0 Å². The lowest BCUT2D eigenvalue weighted by Gasteiger charge is -2.11. The fourth-order valence-corrected chi connectivity index (χ4v) is 1.88. The Morgan fingerprint density at radius 2 is 2.00 bits per heavy atom. The second-order valence-corrected chi connectivity index (χ2v) is 4.46. The fourth-order valence-electron chi connectivity index (χ4n) is 1.88. The minimum atomic E-state index is -0.619. The summed E-state index contributed by atoms with van der Waals surface area (Å²) in [4.78, 5) is 32.9. The van der Waals surface area contributed by atoms with Gasteiger partial charge in [0.05, 0.1) is 17.7 Å². The van der Waals surface area contributed by atoms with Crippen LogP contribution in [0.5, 0.6) is 5.75 Å². The maximum absolute atomic E-state index is 12.0. The number of hydrogen-bond donors (Lipinski definition) is 2. The molecule has 0 spiro atoms. The van der Waals surface area contributed by atoms with Gasteiger partial charge in [-0.25, -0.2) is 4.79 Å². The average molecular weight is 315 g/mol. The molecule has 2 aromatic rings. The number of amides is 2. The lowest BCUT2D eigenvalue weighted by atomic mass is 10.2. The van der Waals surface area contributed by atoms with Crippen LogP contribution in [0.25, 0.3) is 0 Å². The summed E-state index contributed by atoms with van der Waals surface area (Å²) in [6.45, 7) is 0. The number of nitro benzene ring substituents is 1. The molecular weight excluding hydrogens is 302 g/mol. The molecule has 118 valence electrons. The van der Waals surface area contributed by atoms with Crippen LogP contribution in [0.1, 0.15) is 10.4 Å². The molecule has 2 aromatic carbocycles. The van der Waals surface area contributed by atoms with Gasteiger partial charge in [-0.05, 0) is 18.2 Å². The third-order valence-electron chi connectivity index (χ3n) is 2.92. The van der Waals surface area contributed by atoms with Gasteiger partial charge in [0, 0.05) is 23.4 Å². The van der Waals surface area contributed by atoms with Crippen molar-refractivity contribution in [2.75, 3.05) is 17.7 Å². The highest BCUT2D eigenvalue weighted by Gasteiger charge is 2.13. The molecule has 0 saturated heterocycles. The molecule has 0 radical (unpaired) electrons. The number of nitrogens with one attached hydrogen (secondary N) is 2. The van der Waals surface area contributed by atoms with E-state index in [0.29, 0.717) is 17.5 Å². The number of rotatable bonds is 5. The molecule has 0 heterocycles. The van der Waals surface area contributed by atoms with Crippen molar-refractivity contribution in [1.82, 2.24) is 0 Å². The van der Waals surface area contributed by atoms with Crippen LogP contribution >= 0.6 is 0 Å². The van der Waals surface area contributed by atoms with Gasteiger partial charge in [-0.1, -0.05) is 12.1 Å². The van der Waals surface area contributed by atoms with Gasteiger partial charge in [-0.3, -0.25) is 14.9 Å². The maximum atomic E-state index is 12.0. The van der Waals surface area contributed by atoms with Crippen LogP contribution in [-0.4, -0.2) is 24.4 Å². The number of ether oxygens (including phenoxy) is 1. The fraction of sp³-hybridized carbons (Fsp3) is 0.0667. The van der Waals surface area contributed by atoms with Gasteiger partial charge in [-0.2, -0.15) is 0 Å². The Kier molecular flexibility index (Phi) is 4.88. The largest absolute Gasteiger partial charge is 0.495 e. The van der Waals surface area contributed by atoms with Crippen molar-refractivity contribution in [2.45, 2.75) is 0 Å². The summed E-state index contributed by atoms with van der Waals surface area (Å²) in [5.41, 5.74) is 0.807. The summed E-state index contributed by atoms with van der Waals surface area (Å²) in [7, 11) is 1.39. The first-order chi connectivity index (χ1) is 11.0. The Labute approximate surface area is 131 Å². The number of hydrogen-bond acceptors (Lipinski definition) is 5. The van der Waals surface area contributed by atoms with Gasteiger partial charge < -0.3 is 15.4 Å². The second-order valence-electron chi connectivity index (χ2n) is 4.46. The molecule has 23 heavy (non-hydrogen) atoms. The first-order valence-electron chi connectivity index (χ1n) is 6.49. The molecule has 0 aliphatic rings. The van der Waals surface area contributed by atoms with E-state index in [-0.39, 0.29) is 17.1 Å². The molecule has 0 aliphatic heterocycles. The van der Waals surface area contributed by atoms with E-state index in [4.69, 9.17) is 4.74 Å². The van der Waals surface area contributed by atoms with Gasteiger partial charge in [0.15, 0.2) is 0 Å². The topological polar surface area (TPSA) is 111 Å². The van der Waals surface area contributed by atoms with Gasteiger partial charge in [0.25, 0.3) is 5.69 Å². The van der Waals surface area contributed by atoms with Crippen molar-refractivity contribution in [2.24, 2.45) is 0 Å². The summed E-state index contributed by atoms with van der Waals surface area (Å²) in [5.74, 6) is 0.285. The van der Waals surface area contributed by atoms with E-state index < -0.39 is 11.0 Å². The van der Waals surface area contributed by atoms with Crippen LogP contribution in [0.3, 0.4) is 0 Å². The number of non-ortho nitro benzene ring substituents is 1. The zero-order valence-corrected chi connectivity index (χ0v) is 12.1. The van der Waals surface area contributed by atoms with E-state index in [2.05, 4.69) is 10.6 Å². The molecule has 0 atom stereocenters. The molecule has 2 rings (SSSR count). The number of carbonyl (C=O) groups is 2. The normalized spacial score (nSPS) is 9.78. The van der Waals surface area contributed by atoms with Crippen molar-refractivity contribution in [3.05, 3.63) is 58.1 Å². The summed E-state index contributed by atoms with van der Waals surface area (Å²) in [6.07, 6.45) is 0.659. The van der Waals surface area contributed by atoms with Crippen molar-refractivity contribution in [1.29, 1.82) is 0 Å². The molecule has 8 heteroatoms. The Hall–Kier alpha value is -3.42. The van der Waals surface area contributed by atoms with Crippen molar-refractivity contribution < 1.29 is 19.2 Å². The molecule has 0 saturated carbocycles. The van der Waals surface area contributed by atoms with Crippen LogP contribution in [-0.2, 0) is 0 Å². The third-order valence-corrected chi connectivity index (χ3v) is 2.92. The van der Waals surface area contributed by atoms with E-state index in [1.54, 1.807) is 18.2 Å². The second kappa shape index (κ2) is 7.03. The van der Waals surface area contributed by atoms with Crippen molar-refractivity contribution in [3.8, 4) is 5.75 Å². The van der Waals surface area contributed by atoms with E-state index in [1.165, 1.54) is 31.4 Å². The molecular formula is C15H13N3O5. The molecule has 0 aromatic heterocycles. The van der Waals surface area contributed by atoms with E-state index in [0.717, 1.165) is 0 Å². The first kappa shape index (κ1) is 16.0. The summed E-state index contributed by atoms with van der Waals surface area (Å²) in [5, 5.41) is 15.8. The minimum Gasteiger partial charge on any atom is -0.495 e. The lowest BCUT2D eigenvalue weighted by Crippen LogP contribution is -2.20. The summed E-state index contributed by atoms with van der Waals surface area (Å²) >= 11 is 0. The third kappa shape index (κ3) is 4.03. The number of nitrogens with zero attached hydrogens (tertiary/aromatic N) is 1. The number of urea groups is 1. The highest BCUT2D eigenvalue weighted by molar-refractivity contribution is 6.01. The van der Waals surface area contributed by atoms with Crippen LogP contribution in [0.2, 0.25) is 0 Å². The first-order valence-corrected chi connectivity index (χ1v) is 6.49. The van der Waals surface area contributed by atoms with Gasteiger partial charge in [0.1, 0.15) is 12.0 Å². The zero-order chi connectivity index (χ0) is 16.8. The number of methoxy groups -OCH3 is 1. The predicted octanol–water partition coefficient (Wildman–Crippen LogP) is 3.06. The number of benzene rings is 2. The SMILES string of the molecule is COc1ccc([N+](=O)[O-])cc1NC(=O)Nc1cccc(C=O)c1. The highest BCUT2D eigenvalue weighted by Crippen LogP contribution is 2.28. The number of anilines is 2. The Balaban J connectivity index is 2.17. The van der Waals surface area contributed by atoms with Crippen LogP contribution in [0.15, 0.2) is 42.5 Å². The van der Waals surface area contributed by atoms with Crippen molar-refractivity contribution in [3.63, 3.8) is 0 Å². The van der Waals surface area contributed by atoms with Crippen LogP contribution in [0.4, 0.5) is 21.9 Å². The van der Waals surface area contributed by atoms with Gasteiger partial charge >= 0.3 is 6.03 Å². The Morgan fingerprint density at radius 3 is 2.65 bits per heavy atom. The molecule has 2 N–H and O–H groups in total. The summed E-state index contributed by atoms with van der Waals surface area (Å²) < 4.78 is 5.06. The van der Waals surface area contributed by atoms with Crippen LogP contribution in [0, 0.1) is 10.1 Å². The average Bonchev–Trinajstić information content (AvgIpc) is 2.54. The predicted molar refractivity (Wildman–Crippen MR) is 84.1 cm³/mol. The quantitative estimate of drug-likeness (QED) is 0.500. The minimum absolute atomic E-state index is 0.158. The van der Waals surface area contributed by atoms with Crippen LogP contribution < -0.4 is 15.4 Å². The molecule has 0 bridgehead atoms. The molecule has 0 unspecified atom stereocenters. The van der Waals surface area contributed by atoms with Crippen molar-refractivity contribution >= 4 is 29.4 Å². The number of nitro groups is 1. The highest BCUT2D eigenvalue weighted by atomic mass is 16.6. The smallest absolute Gasteiger partial charge is 0.323 e. The molecule has 8 nitrogen and oxygen atoms in total. The molecule has 2 amide bonds. The van der Waals surface area contributed by atoms with E-state index >= 15 is 0 Å². The maximum Gasteiger partial charge on any atom is 0.323 e. The zero-order valence-electron chi connectivity index (χ0n) is 12.1. The molecule has 0 aliphatic carbocycles. The monoisotopic (exact) mass is 315 g/mol. The lowest BCUT2D eigenvalue weighted by molar-refractivity contribution is -0.384. The standard InChI is InChI=1S/C15H13N3O5/c1-23-14-6-5-12(18(21)22)8-13(14)17-15(20)16-11-4-2-3-10(7-11)9-19/h2-9H,1H3,(H2,16,17,20).